The SMILES string of the molecule is Cc1ccccc1Nc1ncc(-c2ccc(Cl)c(O[C@@H](C)Cn3cnnn3)c2)cn1. The van der Waals surface area contributed by atoms with Gasteiger partial charge in [0.15, 0.2) is 0 Å². The van der Waals surface area contributed by atoms with Gasteiger partial charge in [-0.05, 0) is 53.6 Å². The zero-order valence-corrected chi connectivity index (χ0v) is 17.3. The molecule has 30 heavy (non-hydrogen) atoms. The van der Waals surface area contributed by atoms with Gasteiger partial charge in [-0.15, -0.1) is 5.10 Å². The molecule has 4 rings (SSSR count). The number of nitrogens with zero attached hydrogens (tertiary/aromatic N) is 6. The summed E-state index contributed by atoms with van der Waals surface area (Å²) >= 11 is 6.33. The second-order valence-corrected chi connectivity index (χ2v) is 7.25. The number of ether oxygens (including phenoxy) is 1. The number of para-hydroxylation sites is 1. The Morgan fingerprint density at radius 2 is 1.90 bits per heavy atom. The van der Waals surface area contributed by atoms with Crippen LogP contribution in [0, 0.1) is 6.92 Å². The lowest BCUT2D eigenvalue weighted by molar-refractivity contribution is 0.193. The molecule has 0 spiro atoms. The van der Waals surface area contributed by atoms with Crippen LogP contribution >= 0.6 is 11.6 Å². The molecule has 0 amide bonds. The molecule has 0 bridgehead atoms. The Morgan fingerprint density at radius 3 is 2.63 bits per heavy atom. The van der Waals surface area contributed by atoms with E-state index in [0.717, 1.165) is 22.4 Å². The first kappa shape index (κ1) is 19.8. The molecule has 0 radical (unpaired) electrons. The van der Waals surface area contributed by atoms with Crippen LogP contribution in [0.2, 0.25) is 5.02 Å². The van der Waals surface area contributed by atoms with Crippen molar-refractivity contribution in [2.75, 3.05) is 5.32 Å². The lowest BCUT2D eigenvalue weighted by Gasteiger charge is -2.16. The Hall–Kier alpha value is -3.52. The van der Waals surface area contributed by atoms with Gasteiger partial charge in [0.1, 0.15) is 18.2 Å². The van der Waals surface area contributed by atoms with Crippen LogP contribution in [0.3, 0.4) is 0 Å². The van der Waals surface area contributed by atoms with Crippen molar-refractivity contribution in [1.82, 2.24) is 30.2 Å². The van der Waals surface area contributed by atoms with Crippen LogP contribution in [0.5, 0.6) is 5.75 Å². The number of aryl methyl sites for hydroxylation is 1. The molecular formula is C21H20ClN7O. The quantitative estimate of drug-likeness (QED) is 0.475. The van der Waals surface area contributed by atoms with E-state index in [-0.39, 0.29) is 6.10 Å². The predicted molar refractivity (Wildman–Crippen MR) is 115 cm³/mol. The first-order chi connectivity index (χ1) is 14.6. The molecule has 2 aromatic heterocycles. The Morgan fingerprint density at radius 1 is 1.10 bits per heavy atom. The van der Waals surface area contributed by atoms with Crippen LogP contribution in [-0.4, -0.2) is 36.3 Å². The fourth-order valence-corrected chi connectivity index (χ4v) is 3.09. The van der Waals surface area contributed by atoms with Gasteiger partial charge < -0.3 is 10.1 Å². The number of anilines is 2. The van der Waals surface area contributed by atoms with E-state index in [2.05, 4.69) is 30.8 Å². The Bertz CT molecular complexity index is 1120. The van der Waals surface area contributed by atoms with Crippen LogP contribution in [0.15, 0.2) is 61.2 Å². The average Bonchev–Trinajstić information content (AvgIpc) is 3.25. The largest absolute Gasteiger partial charge is 0.487 e. The van der Waals surface area contributed by atoms with E-state index in [1.165, 1.54) is 0 Å². The number of nitrogens with one attached hydrogen (secondary N) is 1. The maximum atomic E-state index is 6.33. The van der Waals surface area contributed by atoms with Gasteiger partial charge >= 0.3 is 0 Å². The smallest absolute Gasteiger partial charge is 0.227 e. The number of aromatic nitrogens is 6. The zero-order chi connectivity index (χ0) is 20.9. The molecule has 9 heteroatoms. The van der Waals surface area contributed by atoms with Crippen molar-refractivity contribution >= 4 is 23.2 Å². The molecule has 0 fully saturated rings. The second kappa shape index (κ2) is 8.87. The highest BCUT2D eigenvalue weighted by Gasteiger charge is 2.11. The summed E-state index contributed by atoms with van der Waals surface area (Å²) in [7, 11) is 0. The first-order valence-corrected chi connectivity index (χ1v) is 9.78. The molecule has 4 aromatic rings. The monoisotopic (exact) mass is 421 g/mol. The van der Waals surface area contributed by atoms with Crippen LogP contribution in [0.25, 0.3) is 11.1 Å². The molecule has 0 saturated carbocycles. The van der Waals surface area contributed by atoms with Crippen molar-refractivity contribution in [1.29, 1.82) is 0 Å². The van der Waals surface area contributed by atoms with Gasteiger partial charge in [0.25, 0.3) is 0 Å². The van der Waals surface area contributed by atoms with Gasteiger partial charge in [0.2, 0.25) is 5.95 Å². The third-order valence-corrected chi connectivity index (χ3v) is 4.78. The number of hydrogen-bond donors (Lipinski definition) is 1. The van der Waals surface area contributed by atoms with Crippen LogP contribution in [0.4, 0.5) is 11.6 Å². The fraction of sp³-hybridized carbons (Fsp3) is 0.190. The molecule has 0 aliphatic heterocycles. The van der Waals surface area contributed by atoms with Crippen molar-refractivity contribution in [3.8, 4) is 16.9 Å². The molecule has 0 aliphatic rings. The first-order valence-electron chi connectivity index (χ1n) is 9.40. The molecular weight excluding hydrogens is 402 g/mol. The minimum absolute atomic E-state index is 0.168. The fourth-order valence-electron chi connectivity index (χ4n) is 2.93. The van der Waals surface area contributed by atoms with Crippen LogP contribution < -0.4 is 10.1 Å². The van der Waals surface area contributed by atoms with Gasteiger partial charge in [-0.2, -0.15) is 0 Å². The van der Waals surface area contributed by atoms with E-state index in [1.807, 2.05) is 50.2 Å². The third kappa shape index (κ3) is 4.72. The van der Waals surface area contributed by atoms with E-state index in [1.54, 1.807) is 29.5 Å². The molecule has 0 aliphatic carbocycles. The van der Waals surface area contributed by atoms with Crippen LogP contribution in [-0.2, 0) is 6.54 Å². The lowest BCUT2D eigenvalue weighted by Crippen LogP contribution is -2.20. The summed E-state index contributed by atoms with van der Waals surface area (Å²) in [6, 6.07) is 13.6. The predicted octanol–water partition coefficient (Wildman–Crippen LogP) is 4.30. The van der Waals surface area contributed by atoms with Gasteiger partial charge in [-0.25, -0.2) is 14.6 Å². The molecule has 8 nitrogen and oxygen atoms in total. The van der Waals surface area contributed by atoms with Crippen molar-refractivity contribution in [3.05, 3.63) is 71.8 Å². The van der Waals surface area contributed by atoms with E-state index in [0.29, 0.717) is 23.3 Å². The number of halogens is 1. The zero-order valence-electron chi connectivity index (χ0n) is 16.5. The van der Waals surface area contributed by atoms with Gasteiger partial charge in [0, 0.05) is 23.6 Å². The highest BCUT2D eigenvalue weighted by Crippen LogP contribution is 2.31. The van der Waals surface area contributed by atoms with Crippen molar-refractivity contribution < 1.29 is 4.74 Å². The van der Waals surface area contributed by atoms with Crippen molar-refractivity contribution in [2.24, 2.45) is 0 Å². The molecule has 152 valence electrons. The van der Waals surface area contributed by atoms with Gasteiger partial charge in [-0.3, -0.25) is 0 Å². The Labute approximate surface area is 178 Å². The van der Waals surface area contributed by atoms with E-state index >= 15 is 0 Å². The van der Waals surface area contributed by atoms with E-state index < -0.39 is 0 Å². The number of benzene rings is 2. The van der Waals surface area contributed by atoms with Crippen LogP contribution in [0.1, 0.15) is 12.5 Å². The average molecular weight is 422 g/mol. The maximum Gasteiger partial charge on any atom is 0.227 e. The number of hydrogen-bond acceptors (Lipinski definition) is 7. The minimum atomic E-state index is -0.168. The Balaban J connectivity index is 1.48. The number of tetrazole rings is 1. The number of rotatable bonds is 7. The lowest BCUT2D eigenvalue weighted by atomic mass is 10.1. The molecule has 2 aromatic carbocycles. The summed E-state index contributed by atoms with van der Waals surface area (Å²) in [5.41, 5.74) is 3.87. The highest BCUT2D eigenvalue weighted by atomic mass is 35.5. The summed E-state index contributed by atoms with van der Waals surface area (Å²) < 4.78 is 7.60. The second-order valence-electron chi connectivity index (χ2n) is 6.84. The summed E-state index contributed by atoms with van der Waals surface area (Å²) in [6.07, 6.45) is 4.91. The van der Waals surface area contributed by atoms with Gasteiger partial charge in [-0.1, -0.05) is 35.9 Å². The molecule has 1 atom stereocenters. The Kier molecular flexibility index (Phi) is 5.85. The molecule has 1 N–H and O–H groups in total. The normalized spacial score (nSPS) is 11.8. The van der Waals surface area contributed by atoms with Crippen molar-refractivity contribution in [3.63, 3.8) is 0 Å². The third-order valence-electron chi connectivity index (χ3n) is 4.47. The molecule has 0 unspecified atom stereocenters. The minimum Gasteiger partial charge on any atom is -0.487 e. The highest BCUT2D eigenvalue weighted by molar-refractivity contribution is 6.32. The van der Waals surface area contributed by atoms with Gasteiger partial charge in [0.05, 0.1) is 11.6 Å². The standard InChI is InChI=1S/C21H20ClN7O/c1-14-5-3-4-6-19(14)26-21-23-10-17(11-24-21)16-7-8-18(22)20(9-16)30-15(2)12-29-13-25-27-28-29/h3-11,13,15H,12H2,1-2H3,(H,23,24,26)/t15-/m0/s1. The van der Waals surface area contributed by atoms with E-state index in [4.69, 9.17) is 16.3 Å². The maximum absolute atomic E-state index is 6.33. The summed E-state index contributed by atoms with van der Waals surface area (Å²) in [4.78, 5) is 8.87. The molecule has 2 heterocycles. The molecule has 0 saturated heterocycles. The topological polar surface area (TPSA) is 90.6 Å². The van der Waals surface area contributed by atoms with Crippen molar-refractivity contribution in [2.45, 2.75) is 26.5 Å². The van der Waals surface area contributed by atoms with E-state index in [9.17, 15) is 0 Å². The summed E-state index contributed by atoms with van der Waals surface area (Å²) in [6.45, 7) is 4.47. The summed E-state index contributed by atoms with van der Waals surface area (Å²) in [5, 5.41) is 14.9. The summed E-state index contributed by atoms with van der Waals surface area (Å²) in [5.74, 6) is 1.12.